The third-order valence-corrected chi connectivity index (χ3v) is 8.70. The molecule has 0 fully saturated rings. The highest BCUT2D eigenvalue weighted by molar-refractivity contribution is 6.12. The summed E-state index contributed by atoms with van der Waals surface area (Å²) in [7, 11) is 6.16. The molecule has 4 aromatic carbocycles. The average Bonchev–Trinajstić information content (AvgIpc) is 3.13. The number of nitrogens with zero attached hydrogens (tertiary/aromatic N) is 1. The highest BCUT2D eigenvalue weighted by Crippen LogP contribution is 2.35. The molecule has 0 unspecified atom stereocenters. The van der Waals surface area contributed by atoms with Crippen molar-refractivity contribution in [3.05, 3.63) is 111 Å². The molecule has 2 heterocycles. The molecule has 0 spiro atoms. The molecule has 50 heavy (non-hydrogen) atoms. The lowest BCUT2D eigenvalue weighted by Gasteiger charge is -2.29. The first-order valence-electron chi connectivity index (χ1n) is 15.9. The third-order valence-electron chi connectivity index (χ3n) is 8.70. The van der Waals surface area contributed by atoms with Crippen molar-refractivity contribution < 1.29 is 38.1 Å². The Kier molecular flexibility index (Phi) is 9.91. The fourth-order valence-electron chi connectivity index (χ4n) is 6.03. The van der Waals surface area contributed by atoms with Crippen LogP contribution in [-0.2, 0) is 19.4 Å². The number of rotatable bonds is 11. The van der Waals surface area contributed by atoms with Crippen molar-refractivity contribution in [1.82, 2.24) is 4.90 Å². The van der Waals surface area contributed by atoms with Gasteiger partial charge in [0.25, 0.3) is 11.8 Å². The molecule has 0 bridgehead atoms. The minimum Gasteiger partial charge on any atom is -0.507 e. The topological polar surface area (TPSA) is 149 Å². The molecule has 1 aliphatic rings. The number of carbonyl (C=O) groups excluding carboxylic acids is 2. The van der Waals surface area contributed by atoms with Crippen molar-refractivity contribution in [1.29, 1.82) is 0 Å². The van der Waals surface area contributed by atoms with Gasteiger partial charge in [-0.25, -0.2) is 0 Å². The molecule has 0 aliphatic carbocycles. The van der Waals surface area contributed by atoms with Crippen LogP contribution in [0.2, 0.25) is 0 Å². The molecule has 12 nitrogen and oxygen atoms in total. The van der Waals surface area contributed by atoms with Gasteiger partial charge in [-0.1, -0.05) is 18.2 Å². The summed E-state index contributed by atoms with van der Waals surface area (Å²) in [5.74, 6) is 0.156. The van der Waals surface area contributed by atoms with Crippen molar-refractivity contribution in [2.24, 2.45) is 0 Å². The van der Waals surface area contributed by atoms with Crippen LogP contribution < -0.4 is 35.0 Å². The van der Waals surface area contributed by atoms with Gasteiger partial charge in [-0.3, -0.25) is 19.3 Å². The first-order chi connectivity index (χ1) is 24.2. The van der Waals surface area contributed by atoms with Gasteiger partial charge in [0.1, 0.15) is 16.7 Å². The van der Waals surface area contributed by atoms with Gasteiger partial charge in [-0.2, -0.15) is 0 Å². The summed E-state index contributed by atoms with van der Waals surface area (Å²) in [5, 5.41) is 15.6. The highest BCUT2D eigenvalue weighted by atomic mass is 16.5. The molecule has 0 radical (unpaired) electrons. The Morgan fingerprint density at radius 2 is 1.46 bits per heavy atom. The molecule has 2 amide bonds. The standard InChI is InChI=1S/C38H37N3O9/c1-46-31-16-23-13-15-41(21-24(23)17-32(31)47-2)14-12-22-8-10-25(11-9-22)39-37(44)26-18-33(48-3)34(49-4)19-27(26)40-38(45)35-20-29(43)36-28(42)6-5-7-30(36)50-35/h5-11,16-20,42H,12-15,21H2,1-4H3,(H,39,44)(H,40,45). The van der Waals surface area contributed by atoms with E-state index in [1.807, 2.05) is 24.3 Å². The van der Waals surface area contributed by atoms with E-state index in [-0.39, 0.29) is 45.2 Å². The van der Waals surface area contributed by atoms with E-state index in [1.54, 1.807) is 14.2 Å². The van der Waals surface area contributed by atoms with Crippen LogP contribution in [0.5, 0.6) is 28.7 Å². The Morgan fingerprint density at radius 3 is 2.16 bits per heavy atom. The maximum atomic E-state index is 13.6. The third kappa shape index (κ3) is 7.06. The Morgan fingerprint density at radius 1 is 0.800 bits per heavy atom. The number of phenolic OH excluding ortho intramolecular Hbond substituents is 1. The fourth-order valence-corrected chi connectivity index (χ4v) is 6.03. The van der Waals surface area contributed by atoms with Gasteiger partial charge in [0, 0.05) is 37.5 Å². The van der Waals surface area contributed by atoms with Crippen LogP contribution in [-0.4, -0.2) is 63.3 Å². The predicted molar refractivity (Wildman–Crippen MR) is 188 cm³/mol. The van der Waals surface area contributed by atoms with Crippen LogP contribution in [0.25, 0.3) is 11.0 Å². The van der Waals surface area contributed by atoms with Crippen molar-refractivity contribution in [2.45, 2.75) is 19.4 Å². The van der Waals surface area contributed by atoms with Crippen molar-refractivity contribution in [3.8, 4) is 28.7 Å². The van der Waals surface area contributed by atoms with Crippen LogP contribution >= 0.6 is 0 Å². The Balaban J connectivity index is 1.14. The number of fused-ring (bicyclic) bond motifs is 2. The van der Waals surface area contributed by atoms with E-state index in [1.165, 1.54) is 55.7 Å². The van der Waals surface area contributed by atoms with E-state index in [9.17, 15) is 19.5 Å². The zero-order valence-corrected chi connectivity index (χ0v) is 28.1. The lowest BCUT2D eigenvalue weighted by atomic mass is 9.98. The summed E-state index contributed by atoms with van der Waals surface area (Å²) in [6.07, 6.45) is 1.76. The molecule has 258 valence electrons. The highest BCUT2D eigenvalue weighted by Gasteiger charge is 2.22. The lowest BCUT2D eigenvalue weighted by molar-refractivity contribution is 0.0997. The first-order valence-corrected chi connectivity index (χ1v) is 15.9. The maximum absolute atomic E-state index is 13.6. The quantitative estimate of drug-likeness (QED) is 0.160. The molecule has 6 rings (SSSR count). The number of hydrogen-bond donors (Lipinski definition) is 3. The maximum Gasteiger partial charge on any atom is 0.291 e. The number of benzene rings is 4. The Labute approximate surface area is 288 Å². The molecule has 0 saturated heterocycles. The molecule has 5 aromatic rings. The number of phenols is 1. The van der Waals surface area contributed by atoms with E-state index < -0.39 is 17.2 Å². The van der Waals surface area contributed by atoms with Gasteiger partial charge >= 0.3 is 0 Å². The fraction of sp³-hybridized carbons (Fsp3) is 0.237. The largest absolute Gasteiger partial charge is 0.507 e. The van der Waals surface area contributed by atoms with E-state index in [0.29, 0.717) is 5.69 Å². The normalized spacial score (nSPS) is 12.6. The zero-order chi connectivity index (χ0) is 35.4. The summed E-state index contributed by atoms with van der Waals surface area (Å²) in [4.78, 5) is 42.0. The van der Waals surface area contributed by atoms with Gasteiger partial charge in [0.15, 0.2) is 34.2 Å². The number of ether oxygens (including phenoxy) is 4. The van der Waals surface area contributed by atoms with Gasteiger partial charge in [-0.05, 0) is 72.0 Å². The van der Waals surface area contributed by atoms with Gasteiger partial charge in [0.05, 0.1) is 39.7 Å². The predicted octanol–water partition coefficient (Wildman–Crippen LogP) is 5.64. The number of anilines is 2. The first kappa shape index (κ1) is 33.9. The van der Waals surface area contributed by atoms with Crippen LogP contribution in [0.15, 0.2) is 82.0 Å². The monoisotopic (exact) mass is 679 g/mol. The molecular formula is C38H37N3O9. The average molecular weight is 680 g/mol. The van der Waals surface area contributed by atoms with Crippen LogP contribution in [0, 0.1) is 0 Å². The number of nitrogens with one attached hydrogen (secondary N) is 2. The summed E-state index contributed by atoms with van der Waals surface area (Å²) in [6, 6.07) is 19.9. The second-order valence-corrected chi connectivity index (χ2v) is 11.7. The molecule has 12 heteroatoms. The van der Waals surface area contributed by atoms with Crippen LogP contribution in [0.4, 0.5) is 11.4 Å². The van der Waals surface area contributed by atoms with Gasteiger partial charge in [0.2, 0.25) is 0 Å². The van der Waals surface area contributed by atoms with Gasteiger partial charge < -0.3 is 39.1 Å². The number of hydrogen-bond acceptors (Lipinski definition) is 10. The number of carbonyl (C=O) groups is 2. The Hall–Kier alpha value is -6.01. The molecule has 0 saturated carbocycles. The van der Waals surface area contributed by atoms with Crippen molar-refractivity contribution in [2.75, 3.05) is 52.2 Å². The smallest absolute Gasteiger partial charge is 0.291 e. The van der Waals surface area contributed by atoms with Crippen LogP contribution in [0.1, 0.15) is 37.6 Å². The lowest BCUT2D eigenvalue weighted by Crippen LogP contribution is -2.32. The summed E-state index contributed by atoms with van der Waals surface area (Å²) in [6.45, 7) is 2.63. The van der Waals surface area contributed by atoms with Gasteiger partial charge in [-0.15, -0.1) is 0 Å². The number of aromatic hydroxyl groups is 1. The summed E-state index contributed by atoms with van der Waals surface area (Å²) < 4.78 is 27.4. The summed E-state index contributed by atoms with van der Waals surface area (Å²) in [5.41, 5.74) is 3.81. The second kappa shape index (κ2) is 14.6. The van der Waals surface area contributed by atoms with Crippen molar-refractivity contribution in [3.63, 3.8) is 0 Å². The van der Waals surface area contributed by atoms with E-state index in [0.717, 1.165) is 55.6 Å². The van der Waals surface area contributed by atoms with E-state index >= 15 is 0 Å². The SMILES string of the molecule is COc1cc2c(cc1OC)CN(CCc1ccc(NC(=O)c3cc(OC)c(OC)cc3NC(=O)c3cc(=O)c4c(O)cccc4o3)cc1)CC2. The molecular weight excluding hydrogens is 642 g/mol. The second-order valence-electron chi connectivity index (χ2n) is 11.7. The van der Waals surface area contributed by atoms with E-state index in [2.05, 4.69) is 27.7 Å². The summed E-state index contributed by atoms with van der Waals surface area (Å²) >= 11 is 0. The minimum atomic E-state index is -0.783. The zero-order valence-electron chi connectivity index (χ0n) is 28.1. The number of amides is 2. The minimum absolute atomic E-state index is 0.0408. The molecule has 1 aliphatic heterocycles. The number of methoxy groups -OCH3 is 4. The molecule has 1 aromatic heterocycles. The van der Waals surface area contributed by atoms with E-state index in [4.69, 9.17) is 23.4 Å². The van der Waals surface area contributed by atoms with Crippen LogP contribution in [0.3, 0.4) is 0 Å². The van der Waals surface area contributed by atoms with Crippen molar-refractivity contribution >= 4 is 34.2 Å². The molecule has 3 N–H and O–H groups in total. The molecule has 0 atom stereocenters. The Bertz CT molecular complexity index is 2130.